The summed E-state index contributed by atoms with van der Waals surface area (Å²) in [7, 11) is 3.06. The summed E-state index contributed by atoms with van der Waals surface area (Å²) in [5, 5.41) is 3.48. The summed E-state index contributed by atoms with van der Waals surface area (Å²) >= 11 is 0. The number of methoxy groups -OCH3 is 2. The molecule has 0 saturated carbocycles. The van der Waals surface area contributed by atoms with Crippen LogP contribution >= 0.6 is 0 Å². The van der Waals surface area contributed by atoms with Crippen LogP contribution in [-0.2, 0) is 22.4 Å². The fourth-order valence-electron chi connectivity index (χ4n) is 4.06. The van der Waals surface area contributed by atoms with E-state index in [1.807, 2.05) is 24.3 Å². The third kappa shape index (κ3) is 4.66. The van der Waals surface area contributed by atoms with Gasteiger partial charge in [0, 0.05) is 35.0 Å². The van der Waals surface area contributed by atoms with E-state index in [4.69, 9.17) is 19.2 Å². The topological polar surface area (TPSA) is 86.8 Å². The number of hydrogen-bond acceptors (Lipinski definition) is 6. The molecule has 1 heterocycles. The van der Waals surface area contributed by atoms with Gasteiger partial charge in [-0.05, 0) is 37.3 Å². The summed E-state index contributed by atoms with van der Waals surface area (Å²) in [6, 6.07) is 12.6. The minimum absolute atomic E-state index is 0.399. The molecule has 0 atom stereocenters. The second kappa shape index (κ2) is 9.68. The van der Waals surface area contributed by atoms with Crippen molar-refractivity contribution in [3.05, 3.63) is 59.3 Å². The number of anilines is 1. The van der Waals surface area contributed by atoms with Crippen LogP contribution in [0, 0.1) is 0 Å². The van der Waals surface area contributed by atoms with Crippen LogP contribution in [0.1, 0.15) is 40.9 Å². The molecule has 0 aliphatic heterocycles. The molecule has 1 amide bonds. The van der Waals surface area contributed by atoms with Crippen molar-refractivity contribution in [3.63, 3.8) is 0 Å². The number of aryl methyl sites for hydroxylation is 1. The fraction of sp³-hybridized carbons (Fsp3) is 0.320. The van der Waals surface area contributed by atoms with Crippen molar-refractivity contribution in [1.29, 1.82) is 0 Å². The van der Waals surface area contributed by atoms with Gasteiger partial charge in [0.1, 0.15) is 11.5 Å². The Balaban J connectivity index is 1.53. The number of carbonyl (C=O) groups is 2. The number of ether oxygens (including phenoxy) is 3. The largest absolute Gasteiger partial charge is 0.497 e. The Morgan fingerprint density at radius 2 is 1.69 bits per heavy atom. The van der Waals surface area contributed by atoms with Crippen LogP contribution in [0.15, 0.2) is 42.5 Å². The maximum absolute atomic E-state index is 13.1. The number of aromatic nitrogens is 1. The number of amides is 1. The van der Waals surface area contributed by atoms with Gasteiger partial charge in [0.2, 0.25) is 0 Å². The number of pyridine rings is 1. The summed E-state index contributed by atoms with van der Waals surface area (Å²) in [5.41, 5.74) is 3.70. The zero-order valence-corrected chi connectivity index (χ0v) is 18.3. The SMILES string of the molecule is COc1cc(NC(=O)COC(=O)c2c3c(nc4ccccc24)CCCCC3)cc(OC)c1. The van der Waals surface area contributed by atoms with E-state index in [9.17, 15) is 9.59 Å². The molecule has 1 aliphatic carbocycles. The Morgan fingerprint density at radius 3 is 2.44 bits per heavy atom. The van der Waals surface area contributed by atoms with Gasteiger partial charge in [-0.3, -0.25) is 9.78 Å². The summed E-state index contributed by atoms with van der Waals surface area (Å²) in [4.78, 5) is 30.4. The molecule has 1 aliphatic rings. The van der Waals surface area contributed by atoms with Gasteiger partial charge >= 0.3 is 5.97 Å². The highest BCUT2D eigenvalue weighted by molar-refractivity contribution is 6.06. The highest BCUT2D eigenvalue weighted by atomic mass is 16.5. The van der Waals surface area contributed by atoms with Crippen LogP contribution in [-0.4, -0.2) is 37.7 Å². The van der Waals surface area contributed by atoms with Gasteiger partial charge in [-0.1, -0.05) is 24.6 Å². The summed E-state index contributed by atoms with van der Waals surface area (Å²) < 4.78 is 15.9. The van der Waals surface area contributed by atoms with Crippen molar-refractivity contribution in [1.82, 2.24) is 4.98 Å². The molecule has 166 valence electrons. The van der Waals surface area contributed by atoms with Crippen LogP contribution < -0.4 is 14.8 Å². The molecule has 0 bridgehead atoms. The van der Waals surface area contributed by atoms with Crippen molar-refractivity contribution >= 4 is 28.5 Å². The molecule has 0 radical (unpaired) electrons. The number of nitrogens with zero attached hydrogens (tertiary/aromatic N) is 1. The molecule has 0 fully saturated rings. The number of carbonyl (C=O) groups excluding carboxylic acids is 2. The minimum atomic E-state index is -0.500. The number of para-hydroxylation sites is 1. The number of esters is 1. The van der Waals surface area contributed by atoms with Gasteiger partial charge in [0.15, 0.2) is 6.61 Å². The Hall–Kier alpha value is -3.61. The quantitative estimate of drug-likeness (QED) is 0.459. The maximum atomic E-state index is 13.1. The summed E-state index contributed by atoms with van der Waals surface area (Å²) in [6.07, 6.45) is 4.80. The summed E-state index contributed by atoms with van der Waals surface area (Å²) in [6.45, 7) is -0.399. The van der Waals surface area contributed by atoms with Gasteiger partial charge in [-0.15, -0.1) is 0 Å². The van der Waals surface area contributed by atoms with Gasteiger partial charge in [0.05, 0.1) is 25.3 Å². The van der Waals surface area contributed by atoms with Gasteiger partial charge in [-0.25, -0.2) is 4.79 Å². The van der Waals surface area contributed by atoms with E-state index in [1.54, 1.807) is 18.2 Å². The smallest absolute Gasteiger partial charge is 0.339 e. The molecule has 4 rings (SSSR count). The van der Waals surface area contributed by atoms with Crippen molar-refractivity contribution in [3.8, 4) is 11.5 Å². The number of hydrogen-bond donors (Lipinski definition) is 1. The molecule has 32 heavy (non-hydrogen) atoms. The fourth-order valence-corrected chi connectivity index (χ4v) is 4.06. The molecule has 1 N–H and O–H groups in total. The highest BCUT2D eigenvalue weighted by Gasteiger charge is 2.23. The number of benzene rings is 2. The maximum Gasteiger partial charge on any atom is 0.339 e. The van der Waals surface area contributed by atoms with Gasteiger partial charge in [0.25, 0.3) is 5.91 Å². The van der Waals surface area contributed by atoms with Crippen LogP contribution in [0.25, 0.3) is 10.9 Å². The Bertz CT molecular complexity index is 1140. The van der Waals surface area contributed by atoms with Crippen LogP contribution in [0.5, 0.6) is 11.5 Å². The zero-order valence-electron chi connectivity index (χ0n) is 18.3. The monoisotopic (exact) mass is 434 g/mol. The molecule has 7 heteroatoms. The van der Waals surface area contributed by atoms with E-state index in [-0.39, 0.29) is 0 Å². The first-order valence-corrected chi connectivity index (χ1v) is 10.7. The molecule has 3 aromatic rings. The first kappa shape index (κ1) is 21.6. The minimum Gasteiger partial charge on any atom is -0.497 e. The van der Waals surface area contributed by atoms with Crippen LogP contribution in [0.4, 0.5) is 5.69 Å². The lowest BCUT2D eigenvalue weighted by Crippen LogP contribution is -2.22. The molecular weight excluding hydrogens is 408 g/mol. The molecular formula is C25H26N2O5. The lowest BCUT2D eigenvalue weighted by atomic mass is 9.97. The Labute approximate surface area is 186 Å². The van der Waals surface area contributed by atoms with Crippen molar-refractivity contribution in [2.24, 2.45) is 0 Å². The lowest BCUT2D eigenvalue weighted by Gasteiger charge is -2.15. The van der Waals surface area contributed by atoms with E-state index in [2.05, 4.69) is 5.32 Å². The Morgan fingerprint density at radius 1 is 0.969 bits per heavy atom. The van der Waals surface area contributed by atoms with E-state index in [0.29, 0.717) is 22.7 Å². The number of rotatable bonds is 6. The van der Waals surface area contributed by atoms with E-state index >= 15 is 0 Å². The zero-order chi connectivity index (χ0) is 22.5. The first-order valence-electron chi connectivity index (χ1n) is 10.7. The lowest BCUT2D eigenvalue weighted by molar-refractivity contribution is -0.119. The number of nitrogens with one attached hydrogen (secondary N) is 1. The molecule has 0 spiro atoms. The van der Waals surface area contributed by atoms with E-state index < -0.39 is 18.5 Å². The first-order chi connectivity index (χ1) is 15.6. The van der Waals surface area contributed by atoms with Crippen molar-refractivity contribution < 1.29 is 23.8 Å². The Kier molecular flexibility index (Phi) is 6.54. The molecule has 0 unspecified atom stereocenters. The average molecular weight is 434 g/mol. The third-order valence-electron chi connectivity index (χ3n) is 5.59. The third-order valence-corrected chi connectivity index (χ3v) is 5.59. The summed E-state index contributed by atoms with van der Waals surface area (Å²) in [5.74, 6) is 0.142. The van der Waals surface area contributed by atoms with Gasteiger partial charge < -0.3 is 19.5 Å². The predicted octanol–water partition coefficient (Wildman–Crippen LogP) is 4.32. The second-order valence-corrected chi connectivity index (χ2v) is 7.72. The number of fused-ring (bicyclic) bond motifs is 2. The van der Waals surface area contributed by atoms with Crippen molar-refractivity contribution in [2.75, 3.05) is 26.1 Å². The van der Waals surface area contributed by atoms with Crippen molar-refractivity contribution in [2.45, 2.75) is 32.1 Å². The second-order valence-electron chi connectivity index (χ2n) is 7.72. The van der Waals surface area contributed by atoms with E-state index in [0.717, 1.165) is 54.3 Å². The molecule has 7 nitrogen and oxygen atoms in total. The highest BCUT2D eigenvalue weighted by Crippen LogP contribution is 2.29. The molecule has 1 aromatic heterocycles. The van der Waals surface area contributed by atoms with E-state index in [1.165, 1.54) is 14.2 Å². The average Bonchev–Trinajstić information content (AvgIpc) is 3.05. The van der Waals surface area contributed by atoms with Crippen LogP contribution in [0.2, 0.25) is 0 Å². The standard InChI is InChI=1S/C25H26N2O5/c1-30-17-12-16(13-18(14-17)31-2)26-23(28)15-32-25(29)24-19-8-4-3-5-10-21(19)27-22-11-7-6-9-20(22)24/h6-7,9,11-14H,3-5,8,10,15H2,1-2H3,(H,26,28). The van der Waals surface area contributed by atoms with Gasteiger partial charge in [-0.2, -0.15) is 0 Å². The van der Waals surface area contributed by atoms with Crippen LogP contribution in [0.3, 0.4) is 0 Å². The predicted molar refractivity (Wildman–Crippen MR) is 121 cm³/mol. The molecule has 2 aromatic carbocycles. The molecule has 0 saturated heterocycles. The normalized spacial score (nSPS) is 13.1.